The van der Waals surface area contributed by atoms with Crippen LogP contribution in [0.25, 0.3) is 0 Å². The summed E-state index contributed by atoms with van der Waals surface area (Å²) in [7, 11) is -2.46. The van der Waals surface area contributed by atoms with E-state index in [0.29, 0.717) is 13.0 Å². The zero-order valence-electron chi connectivity index (χ0n) is 17.3. The molecule has 0 aliphatic heterocycles. The van der Waals surface area contributed by atoms with E-state index >= 15 is 0 Å². The molecule has 0 atom stereocenters. The smallest absolute Gasteiger partial charge is 0.261 e. The lowest BCUT2D eigenvalue weighted by molar-refractivity contribution is 0.287. The van der Waals surface area contributed by atoms with Gasteiger partial charge in [0.25, 0.3) is 8.32 Å². The summed E-state index contributed by atoms with van der Waals surface area (Å²) in [6, 6.07) is 21.3. The molecule has 28 heavy (non-hydrogen) atoms. The first kappa shape index (κ1) is 23.0. The molecule has 152 valence electrons. The third kappa shape index (κ3) is 5.88. The number of unbranched alkanes of at least 4 members (excludes halogenated alkanes) is 1. The molecule has 0 aliphatic carbocycles. The molecule has 0 N–H and O–H groups in total. The van der Waals surface area contributed by atoms with Crippen LogP contribution in [-0.4, -0.2) is 20.3 Å². The Kier molecular flexibility index (Phi) is 9.12. The maximum absolute atomic E-state index is 13.8. The van der Waals surface area contributed by atoms with E-state index in [2.05, 4.69) is 97.4 Å². The van der Waals surface area contributed by atoms with Crippen LogP contribution in [-0.2, 0) is 4.43 Å². The van der Waals surface area contributed by atoms with Crippen LogP contribution in [0, 0.1) is 0 Å². The van der Waals surface area contributed by atoms with E-state index in [1.54, 1.807) is 6.08 Å². The lowest BCUT2D eigenvalue weighted by Crippen LogP contribution is -2.66. The molecule has 2 rings (SSSR count). The van der Waals surface area contributed by atoms with Gasteiger partial charge in [-0.25, -0.2) is 4.39 Å². The largest absolute Gasteiger partial charge is 0.407 e. The van der Waals surface area contributed by atoms with E-state index in [1.807, 2.05) is 0 Å². The highest BCUT2D eigenvalue weighted by Gasteiger charge is 2.49. The first-order chi connectivity index (χ1) is 13.4. The maximum atomic E-state index is 13.8. The zero-order valence-corrected chi connectivity index (χ0v) is 19.8. The average molecular weight is 464 g/mol. The molecule has 1 nitrogen and oxygen atoms in total. The fraction of sp³-hybridized carbons (Fsp3) is 0.417. The monoisotopic (exact) mass is 462 g/mol. The third-order valence-electron chi connectivity index (χ3n) is 5.02. The predicted molar refractivity (Wildman–Crippen MR) is 125 cm³/mol. The number of halogens is 2. The van der Waals surface area contributed by atoms with Gasteiger partial charge in [-0.05, 0) is 41.1 Å². The Bertz CT molecular complexity index is 686. The Morgan fingerprint density at radius 3 is 1.96 bits per heavy atom. The molecule has 4 heteroatoms. The summed E-state index contributed by atoms with van der Waals surface area (Å²) in [5.41, 5.74) is 0. The molecule has 0 fully saturated rings. The number of hydrogen-bond donors (Lipinski definition) is 0. The molecular formula is C24H32BrFOSi. The topological polar surface area (TPSA) is 9.23 Å². The van der Waals surface area contributed by atoms with Crippen molar-refractivity contribution in [1.82, 2.24) is 0 Å². The summed E-state index contributed by atoms with van der Waals surface area (Å²) in [5.74, 6) is -0.00935. The molecule has 0 unspecified atom stereocenters. The molecule has 0 spiro atoms. The number of rotatable bonds is 10. The van der Waals surface area contributed by atoms with Crippen LogP contribution in [0.5, 0.6) is 0 Å². The van der Waals surface area contributed by atoms with Gasteiger partial charge in [-0.3, -0.25) is 0 Å². The Morgan fingerprint density at radius 1 is 0.964 bits per heavy atom. The highest BCUT2D eigenvalue weighted by atomic mass is 79.9. The molecule has 0 bridgehead atoms. The second-order valence-corrected chi connectivity index (χ2v) is 13.2. The molecule has 0 aromatic heterocycles. The van der Waals surface area contributed by atoms with Crippen LogP contribution >= 0.6 is 15.9 Å². The molecule has 0 aliphatic rings. The molecule has 2 aromatic rings. The van der Waals surface area contributed by atoms with Crippen LogP contribution in [0.4, 0.5) is 4.39 Å². The van der Waals surface area contributed by atoms with E-state index in [-0.39, 0.29) is 10.9 Å². The number of hydrogen-bond acceptors (Lipinski definition) is 1. The molecule has 0 radical (unpaired) electrons. The quantitative estimate of drug-likeness (QED) is 0.226. The first-order valence-corrected chi connectivity index (χ1v) is 13.1. The van der Waals surface area contributed by atoms with Gasteiger partial charge in [-0.1, -0.05) is 103 Å². The van der Waals surface area contributed by atoms with Gasteiger partial charge in [0.15, 0.2) is 0 Å². The highest BCUT2D eigenvalue weighted by Crippen LogP contribution is 2.36. The number of benzene rings is 2. The van der Waals surface area contributed by atoms with Gasteiger partial charge in [0.1, 0.15) is 0 Å². The lowest BCUT2D eigenvalue weighted by Gasteiger charge is -2.43. The van der Waals surface area contributed by atoms with Crippen molar-refractivity contribution < 1.29 is 8.82 Å². The number of allylic oxidation sites excluding steroid dienone is 2. The van der Waals surface area contributed by atoms with Gasteiger partial charge in [-0.15, -0.1) is 0 Å². The van der Waals surface area contributed by atoms with Crippen molar-refractivity contribution in [2.45, 2.75) is 51.5 Å². The van der Waals surface area contributed by atoms with Gasteiger partial charge in [-0.2, -0.15) is 0 Å². The van der Waals surface area contributed by atoms with Gasteiger partial charge < -0.3 is 4.43 Å². The van der Waals surface area contributed by atoms with Crippen molar-refractivity contribution in [2.75, 3.05) is 11.9 Å². The van der Waals surface area contributed by atoms with E-state index in [4.69, 9.17) is 4.43 Å². The second-order valence-electron chi connectivity index (χ2n) is 8.10. The predicted octanol–water partition coefficient (Wildman–Crippen LogP) is 6.37. The fourth-order valence-corrected chi connectivity index (χ4v) is 8.53. The summed E-state index contributed by atoms with van der Waals surface area (Å²) >= 11 is 3.33. The van der Waals surface area contributed by atoms with Crippen molar-refractivity contribution in [2.24, 2.45) is 0 Å². The Balaban J connectivity index is 2.20. The second kappa shape index (κ2) is 11.1. The summed E-state index contributed by atoms with van der Waals surface area (Å²) in [6.45, 7) is 7.49. The minimum Gasteiger partial charge on any atom is -0.407 e. The van der Waals surface area contributed by atoms with Crippen molar-refractivity contribution in [3.05, 3.63) is 72.6 Å². The van der Waals surface area contributed by atoms with Gasteiger partial charge in [0.05, 0.1) is 5.83 Å². The van der Waals surface area contributed by atoms with Crippen molar-refractivity contribution >= 4 is 34.6 Å². The Hall–Kier alpha value is -1.23. The minimum atomic E-state index is -2.46. The van der Waals surface area contributed by atoms with E-state index < -0.39 is 8.32 Å². The SMILES string of the molecule is CC(C)(C)[Si](OCCCC/C(F)=C/CCBr)(c1ccccc1)c1ccccc1. The van der Waals surface area contributed by atoms with Crippen LogP contribution in [0.2, 0.25) is 5.04 Å². The normalized spacial score (nSPS) is 13.0. The molecule has 2 aromatic carbocycles. The van der Waals surface area contributed by atoms with Gasteiger partial charge in [0, 0.05) is 11.9 Å². The van der Waals surface area contributed by atoms with Crippen LogP contribution in [0.1, 0.15) is 46.5 Å². The highest BCUT2D eigenvalue weighted by molar-refractivity contribution is 9.09. The standard InChI is InChI=1S/C24H32BrFOSi/c1-24(2,3)28(22-15-6-4-7-16-22,23-17-8-5-9-18-23)27-20-11-10-13-21(26)14-12-19-25/h4-9,14-18H,10-13,19-20H2,1-3H3/b21-14-. The molecular weight excluding hydrogens is 431 g/mol. The third-order valence-corrected chi connectivity index (χ3v) is 10.5. The number of alkyl halides is 1. The van der Waals surface area contributed by atoms with Gasteiger partial charge in [0.2, 0.25) is 0 Å². The summed E-state index contributed by atoms with van der Waals surface area (Å²) in [5, 5.41) is 3.36. The first-order valence-electron chi connectivity index (χ1n) is 10.1. The average Bonchev–Trinajstić information content (AvgIpc) is 2.69. The fourth-order valence-electron chi connectivity index (χ4n) is 3.70. The lowest BCUT2D eigenvalue weighted by atomic mass is 10.2. The summed E-state index contributed by atoms with van der Waals surface area (Å²) in [6.07, 6.45) is 4.59. The van der Waals surface area contributed by atoms with E-state index in [9.17, 15) is 4.39 Å². The summed E-state index contributed by atoms with van der Waals surface area (Å²) < 4.78 is 20.6. The summed E-state index contributed by atoms with van der Waals surface area (Å²) in [4.78, 5) is 0. The van der Waals surface area contributed by atoms with Gasteiger partial charge >= 0.3 is 0 Å². The Labute approximate surface area is 179 Å². The minimum absolute atomic E-state index is 0.00935. The van der Waals surface area contributed by atoms with Crippen LogP contribution in [0.15, 0.2) is 72.6 Å². The zero-order chi connectivity index (χ0) is 20.5. The van der Waals surface area contributed by atoms with Crippen molar-refractivity contribution in [3.63, 3.8) is 0 Å². The van der Waals surface area contributed by atoms with Crippen LogP contribution < -0.4 is 10.4 Å². The Morgan fingerprint density at radius 2 is 1.50 bits per heavy atom. The molecule has 0 saturated heterocycles. The van der Waals surface area contributed by atoms with Crippen LogP contribution in [0.3, 0.4) is 0 Å². The van der Waals surface area contributed by atoms with Crippen molar-refractivity contribution in [3.8, 4) is 0 Å². The van der Waals surface area contributed by atoms with E-state index in [0.717, 1.165) is 24.6 Å². The maximum Gasteiger partial charge on any atom is 0.261 e. The molecule has 0 saturated carbocycles. The molecule has 0 heterocycles. The molecule has 0 amide bonds. The van der Waals surface area contributed by atoms with E-state index in [1.165, 1.54) is 10.4 Å². The van der Waals surface area contributed by atoms with Crippen molar-refractivity contribution in [1.29, 1.82) is 0 Å².